The molecule has 0 atom stereocenters. The second kappa shape index (κ2) is 9.55. The fourth-order valence-electron chi connectivity index (χ4n) is 4.77. The van der Waals surface area contributed by atoms with Gasteiger partial charge in [0, 0.05) is 25.3 Å². The van der Waals surface area contributed by atoms with E-state index in [0.717, 1.165) is 5.69 Å². The molecular weight excluding hydrogens is 475 g/mol. The first-order valence-corrected chi connectivity index (χ1v) is 11.8. The summed E-state index contributed by atoms with van der Waals surface area (Å²) in [5.41, 5.74) is -0.0818. The quantitative estimate of drug-likeness (QED) is 0.575. The van der Waals surface area contributed by atoms with Gasteiger partial charge in [-0.25, -0.2) is 4.79 Å². The van der Waals surface area contributed by atoms with Crippen molar-refractivity contribution in [2.45, 2.75) is 57.7 Å². The summed E-state index contributed by atoms with van der Waals surface area (Å²) in [5.74, 6) is -0.440. The van der Waals surface area contributed by atoms with Crippen LogP contribution >= 0.6 is 0 Å². The molecule has 0 saturated carbocycles. The van der Waals surface area contributed by atoms with Crippen molar-refractivity contribution < 1.29 is 32.2 Å². The van der Waals surface area contributed by atoms with Gasteiger partial charge in [0.25, 0.3) is 0 Å². The topological polar surface area (TPSA) is 62.3 Å². The highest BCUT2D eigenvalue weighted by molar-refractivity contribution is 5.93. The van der Waals surface area contributed by atoms with Crippen molar-refractivity contribution in [3.8, 4) is 5.75 Å². The zero-order chi connectivity index (χ0) is 26.1. The number of amides is 2. The van der Waals surface area contributed by atoms with Crippen molar-refractivity contribution in [3.05, 3.63) is 60.2 Å². The fraction of sp³-hybridized carbons (Fsp3) is 0.462. The zero-order valence-electron chi connectivity index (χ0n) is 20.5. The number of para-hydroxylation sites is 1. The summed E-state index contributed by atoms with van der Waals surface area (Å²) in [6.07, 6.45) is -4.38. The summed E-state index contributed by atoms with van der Waals surface area (Å²) < 4.78 is 47.5. The summed E-state index contributed by atoms with van der Waals surface area (Å²) in [6.45, 7) is 6.54. The maximum Gasteiger partial charge on any atom is 0.573 e. The van der Waals surface area contributed by atoms with E-state index >= 15 is 0 Å². The van der Waals surface area contributed by atoms with Crippen molar-refractivity contribution in [1.29, 1.82) is 0 Å². The van der Waals surface area contributed by atoms with Gasteiger partial charge < -0.3 is 24.2 Å². The Morgan fingerprint density at radius 2 is 1.67 bits per heavy atom. The van der Waals surface area contributed by atoms with Gasteiger partial charge in [-0.3, -0.25) is 4.79 Å². The number of alkyl halides is 3. The number of anilines is 1. The number of ether oxygens (including phenoxy) is 2. The van der Waals surface area contributed by atoms with Crippen molar-refractivity contribution in [2.75, 3.05) is 24.7 Å². The van der Waals surface area contributed by atoms with Gasteiger partial charge in [-0.05, 0) is 63.4 Å². The third-order valence-electron chi connectivity index (χ3n) is 6.33. The first kappa shape index (κ1) is 25.7. The van der Waals surface area contributed by atoms with Crippen LogP contribution in [0, 0.1) is 0 Å². The van der Waals surface area contributed by atoms with Crippen molar-refractivity contribution >= 4 is 17.7 Å². The number of carbonyl (C=O) groups excluding carboxylic acids is 2. The SMILES string of the molecule is CC(C)(C)OC(=O)N1CCC2(CC1)C(=O)N(Cc1cccc(OC(F)(F)F)c1)CN2c1ccccc1. The lowest BCUT2D eigenvalue weighted by Gasteiger charge is -2.43. The van der Waals surface area contributed by atoms with Crippen LogP contribution in [0.15, 0.2) is 54.6 Å². The van der Waals surface area contributed by atoms with E-state index in [4.69, 9.17) is 4.74 Å². The minimum atomic E-state index is -4.79. The minimum absolute atomic E-state index is 0.114. The number of nitrogens with zero attached hydrogens (tertiary/aromatic N) is 3. The molecule has 2 amide bonds. The molecule has 2 aromatic rings. The Bertz CT molecular complexity index is 1090. The van der Waals surface area contributed by atoms with Gasteiger partial charge in [0.05, 0.1) is 6.67 Å². The summed E-state index contributed by atoms with van der Waals surface area (Å²) >= 11 is 0. The van der Waals surface area contributed by atoms with Gasteiger partial charge in [-0.2, -0.15) is 0 Å². The monoisotopic (exact) mass is 505 g/mol. The van der Waals surface area contributed by atoms with Gasteiger partial charge in [-0.1, -0.05) is 30.3 Å². The molecule has 0 unspecified atom stereocenters. The third kappa shape index (κ3) is 5.68. The Hall–Kier alpha value is -3.43. The van der Waals surface area contributed by atoms with Crippen LogP contribution in [0.3, 0.4) is 0 Å². The molecule has 0 radical (unpaired) electrons. The van der Waals surface area contributed by atoms with E-state index in [1.165, 1.54) is 18.2 Å². The van der Waals surface area contributed by atoms with Crippen LogP contribution in [0.4, 0.5) is 23.7 Å². The van der Waals surface area contributed by atoms with Gasteiger partial charge in [0.2, 0.25) is 5.91 Å². The number of benzene rings is 2. The van der Waals surface area contributed by atoms with Crippen molar-refractivity contribution in [3.63, 3.8) is 0 Å². The summed E-state index contributed by atoms with van der Waals surface area (Å²) in [4.78, 5) is 31.7. The summed E-state index contributed by atoms with van der Waals surface area (Å²) in [5, 5.41) is 0. The number of piperidine rings is 1. The standard InChI is InChI=1S/C26H30F3N3O4/c1-24(2,3)36-23(34)30-14-12-25(13-15-30)22(33)31(18-32(25)20-9-5-4-6-10-20)17-19-8-7-11-21(16-19)35-26(27,28)29/h4-11,16H,12-15,17-18H2,1-3H3. The summed E-state index contributed by atoms with van der Waals surface area (Å²) in [6, 6.07) is 15.2. The molecule has 2 aromatic carbocycles. The molecule has 0 aromatic heterocycles. The van der Waals surface area contributed by atoms with E-state index in [0.29, 0.717) is 31.5 Å². The average molecular weight is 506 g/mol. The lowest BCUT2D eigenvalue weighted by Crippen LogP contribution is -2.57. The summed E-state index contributed by atoms with van der Waals surface area (Å²) in [7, 11) is 0. The highest BCUT2D eigenvalue weighted by Crippen LogP contribution is 2.40. The van der Waals surface area contributed by atoms with E-state index in [2.05, 4.69) is 4.74 Å². The molecular formula is C26H30F3N3O4. The fourth-order valence-corrected chi connectivity index (χ4v) is 4.77. The Morgan fingerprint density at radius 3 is 2.28 bits per heavy atom. The second-order valence-corrected chi connectivity index (χ2v) is 10.1. The maximum absolute atomic E-state index is 13.8. The number of carbonyl (C=O) groups is 2. The predicted molar refractivity (Wildman–Crippen MR) is 127 cm³/mol. The van der Waals surface area contributed by atoms with E-state index in [1.807, 2.05) is 35.2 Å². The normalized spacial score (nSPS) is 18.1. The molecule has 2 aliphatic heterocycles. The minimum Gasteiger partial charge on any atom is -0.444 e. The molecule has 194 valence electrons. The lowest BCUT2D eigenvalue weighted by atomic mass is 9.85. The lowest BCUT2D eigenvalue weighted by molar-refractivity contribution is -0.274. The van der Waals surface area contributed by atoms with Crippen LogP contribution in [-0.2, 0) is 16.1 Å². The Morgan fingerprint density at radius 1 is 1.00 bits per heavy atom. The van der Waals surface area contributed by atoms with Crippen LogP contribution in [-0.4, -0.2) is 59.1 Å². The molecule has 2 saturated heterocycles. The van der Waals surface area contributed by atoms with Crippen LogP contribution in [0.2, 0.25) is 0 Å². The van der Waals surface area contributed by atoms with Crippen molar-refractivity contribution in [2.24, 2.45) is 0 Å². The molecule has 1 spiro atoms. The predicted octanol–water partition coefficient (Wildman–Crippen LogP) is 5.16. The van der Waals surface area contributed by atoms with Crippen LogP contribution in [0.25, 0.3) is 0 Å². The first-order chi connectivity index (χ1) is 16.9. The van der Waals surface area contributed by atoms with E-state index < -0.39 is 23.6 Å². The molecule has 2 aliphatic rings. The Labute approximate surface area is 208 Å². The maximum atomic E-state index is 13.8. The first-order valence-electron chi connectivity index (χ1n) is 11.8. The molecule has 2 fully saturated rings. The Balaban J connectivity index is 1.55. The van der Waals surface area contributed by atoms with Gasteiger partial charge >= 0.3 is 12.5 Å². The number of rotatable bonds is 4. The molecule has 36 heavy (non-hydrogen) atoms. The molecule has 0 bridgehead atoms. The highest BCUT2D eigenvalue weighted by Gasteiger charge is 2.54. The molecule has 2 heterocycles. The van der Waals surface area contributed by atoms with Crippen molar-refractivity contribution in [1.82, 2.24) is 9.80 Å². The van der Waals surface area contributed by atoms with Gasteiger partial charge in [-0.15, -0.1) is 13.2 Å². The molecule has 7 nitrogen and oxygen atoms in total. The molecule has 4 rings (SSSR count). The average Bonchev–Trinajstić information content (AvgIpc) is 3.04. The van der Waals surface area contributed by atoms with Gasteiger partial charge in [0.1, 0.15) is 16.9 Å². The number of likely N-dealkylation sites (tertiary alicyclic amines) is 1. The second-order valence-electron chi connectivity index (χ2n) is 10.1. The molecule has 10 heteroatoms. The van der Waals surface area contributed by atoms with E-state index in [9.17, 15) is 22.8 Å². The number of halogens is 3. The Kier molecular flexibility index (Phi) is 6.81. The molecule has 0 aliphatic carbocycles. The number of hydrogen-bond donors (Lipinski definition) is 0. The van der Waals surface area contributed by atoms with Gasteiger partial charge in [0.15, 0.2) is 0 Å². The molecule has 0 N–H and O–H groups in total. The number of hydrogen-bond acceptors (Lipinski definition) is 5. The smallest absolute Gasteiger partial charge is 0.444 e. The van der Waals surface area contributed by atoms with Crippen LogP contribution in [0.5, 0.6) is 5.75 Å². The van der Waals surface area contributed by atoms with E-state index in [1.54, 1.807) is 36.6 Å². The zero-order valence-corrected chi connectivity index (χ0v) is 20.5. The highest BCUT2D eigenvalue weighted by atomic mass is 19.4. The van der Waals surface area contributed by atoms with E-state index in [-0.39, 0.29) is 24.9 Å². The largest absolute Gasteiger partial charge is 0.573 e. The van der Waals surface area contributed by atoms with Crippen LogP contribution in [0.1, 0.15) is 39.2 Å². The third-order valence-corrected chi connectivity index (χ3v) is 6.33. The van der Waals surface area contributed by atoms with Crippen LogP contribution < -0.4 is 9.64 Å².